The molecular formula is C9H18ClO4P. The average Bonchev–Trinajstić information content (AvgIpc) is 2.01. The molecule has 1 N–H and O–H groups in total. The first-order chi connectivity index (χ1) is 6.46. The van der Waals surface area contributed by atoms with Crippen LogP contribution >= 0.6 is 19.2 Å². The standard InChI is InChI=1S/C9H18ClO4P/c1-7(2)8(3,4)14-15(12,13)9(5,10)6-11/h6-7H,1-5H3,(H,12,13). The van der Waals surface area contributed by atoms with Gasteiger partial charge in [0.1, 0.15) is 0 Å². The van der Waals surface area contributed by atoms with Crippen LogP contribution in [0, 0.1) is 5.92 Å². The summed E-state index contributed by atoms with van der Waals surface area (Å²) in [4.78, 5) is 20.2. The molecule has 0 saturated heterocycles. The van der Waals surface area contributed by atoms with Gasteiger partial charge in [0, 0.05) is 0 Å². The molecule has 0 amide bonds. The van der Waals surface area contributed by atoms with E-state index in [-0.39, 0.29) is 12.2 Å². The van der Waals surface area contributed by atoms with Crippen LogP contribution in [0.4, 0.5) is 0 Å². The summed E-state index contributed by atoms with van der Waals surface area (Å²) < 4.78 is 15.0. The summed E-state index contributed by atoms with van der Waals surface area (Å²) >= 11 is 5.62. The summed E-state index contributed by atoms with van der Waals surface area (Å²) in [6.07, 6.45) is 0.228. The second-order valence-electron chi connectivity index (χ2n) is 4.51. The minimum atomic E-state index is -4.17. The van der Waals surface area contributed by atoms with E-state index >= 15 is 0 Å². The zero-order valence-corrected chi connectivity index (χ0v) is 11.3. The van der Waals surface area contributed by atoms with E-state index in [1.165, 1.54) is 6.92 Å². The summed E-state index contributed by atoms with van der Waals surface area (Å²) in [5, 5.41) is 0. The molecule has 0 aliphatic carbocycles. The van der Waals surface area contributed by atoms with Crippen molar-refractivity contribution < 1.29 is 18.8 Å². The zero-order valence-electron chi connectivity index (χ0n) is 9.65. The molecule has 0 bridgehead atoms. The Hall–Kier alpha value is 0.110. The quantitative estimate of drug-likeness (QED) is 0.467. The molecule has 15 heavy (non-hydrogen) atoms. The van der Waals surface area contributed by atoms with Crippen LogP contribution in [0.1, 0.15) is 34.6 Å². The van der Waals surface area contributed by atoms with Gasteiger partial charge in [-0.05, 0) is 26.7 Å². The average molecular weight is 257 g/mol. The van der Waals surface area contributed by atoms with E-state index in [2.05, 4.69) is 0 Å². The van der Waals surface area contributed by atoms with Crippen molar-refractivity contribution in [3.8, 4) is 0 Å². The second kappa shape index (κ2) is 4.54. The van der Waals surface area contributed by atoms with E-state index in [0.29, 0.717) is 0 Å². The molecular weight excluding hydrogens is 239 g/mol. The first kappa shape index (κ1) is 15.1. The first-order valence-electron chi connectivity index (χ1n) is 4.65. The highest BCUT2D eigenvalue weighted by atomic mass is 35.5. The van der Waals surface area contributed by atoms with Crippen LogP contribution in [0.2, 0.25) is 0 Å². The van der Waals surface area contributed by atoms with Gasteiger partial charge < -0.3 is 14.2 Å². The van der Waals surface area contributed by atoms with E-state index in [4.69, 9.17) is 16.1 Å². The molecule has 0 heterocycles. The van der Waals surface area contributed by atoms with Crippen molar-refractivity contribution in [2.45, 2.75) is 44.8 Å². The molecule has 0 radical (unpaired) electrons. The third kappa shape index (κ3) is 3.56. The van der Waals surface area contributed by atoms with Crippen LogP contribution in [-0.2, 0) is 13.9 Å². The van der Waals surface area contributed by atoms with Gasteiger partial charge in [-0.1, -0.05) is 25.4 Å². The van der Waals surface area contributed by atoms with Crippen molar-refractivity contribution >= 4 is 25.5 Å². The Morgan fingerprint density at radius 1 is 1.40 bits per heavy atom. The molecule has 0 aliphatic rings. The van der Waals surface area contributed by atoms with Gasteiger partial charge in [-0.3, -0.25) is 4.57 Å². The second-order valence-corrected chi connectivity index (χ2v) is 7.71. The van der Waals surface area contributed by atoms with Crippen LogP contribution in [0.3, 0.4) is 0 Å². The Morgan fingerprint density at radius 2 is 1.80 bits per heavy atom. The lowest BCUT2D eigenvalue weighted by Gasteiger charge is -2.34. The van der Waals surface area contributed by atoms with Gasteiger partial charge in [0.2, 0.25) is 0 Å². The highest BCUT2D eigenvalue weighted by molar-refractivity contribution is 7.57. The summed E-state index contributed by atoms with van der Waals surface area (Å²) in [6.45, 7) is 8.23. The van der Waals surface area contributed by atoms with Crippen LogP contribution in [0.25, 0.3) is 0 Å². The third-order valence-electron chi connectivity index (χ3n) is 2.52. The number of hydrogen-bond acceptors (Lipinski definition) is 3. The molecule has 90 valence electrons. The minimum Gasteiger partial charge on any atom is -0.323 e. The summed E-state index contributed by atoms with van der Waals surface area (Å²) in [5.74, 6) is 0.0251. The summed E-state index contributed by atoms with van der Waals surface area (Å²) in [6, 6.07) is 0. The van der Waals surface area contributed by atoms with E-state index in [1.54, 1.807) is 13.8 Å². The molecule has 0 aromatic heterocycles. The molecule has 0 aromatic rings. The molecule has 0 aliphatic heterocycles. The Kier molecular flexibility index (Phi) is 4.57. The third-order valence-corrected chi connectivity index (χ3v) is 5.18. The lowest BCUT2D eigenvalue weighted by molar-refractivity contribution is -0.108. The fourth-order valence-corrected chi connectivity index (χ4v) is 1.84. The fraction of sp³-hybridized carbons (Fsp3) is 0.889. The van der Waals surface area contributed by atoms with E-state index in [9.17, 15) is 14.3 Å². The highest BCUT2D eigenvalue weighted by Gasteiger charge is 2.47. The van der Waals surface area contributed by atoms with Crippen molar-refractivity contribution in [2.24, 2.45) is 5.92 Å². The zero-order chi connectivity index (χ0) is 12.5. The van der Waals surface area contributed by atoms with Gasteiger partial charge in [-0.15, -0.1) is 0 Å². The molecule has 0 aromatic carbocycles. The molecule has 2 unspecified atom stereocenters. The Bertz CT molecular complexity index is 286. The Morgan fingerprint density at radius 3 is 2.07 bits per heavy atom. The molecule has 2 atom stereocenters. The van der Waals surface area contributed by atoms with Crippen molar-refractivity contribution in [3.05, 3.63) is 0 Å². The largest absolute Gasteiger partial charge is 0.356 e. The molecule has 0 fully saturated rings. The Balaban J connectivity index is 4.96. The van der Waals surface area contributed by atoms with Gasteiger partial charge in [0.05, 0.1) is 5.60 Å². The predicted octanol–water partition coefficient (Wildman–Crippen LogP) is 2.78. The van der Waals surface area contributed by atoms with E-state index < -0.39 is 17.8 Å². The number of alkyl halides is 1. The lowest BCUT2D eigenvalue weighted by Crippen LogP contribution is -2.33. The van der Waals surface area contributed by atoms with Crippen molar-refractivity contribution in [2.75, 3.05) is 0 Å². The number of halogens is 1. The molecule has 0 saturated carbocycles. The van der Waals surface area contributed by atoms with E-state index in [1.807, 2.05) is 13.8 Å². The predicted molar refractivity (Wildman–Crippen MR) is 60.1 cm³/mol. The van der Waals surface area contributed by atoms with Gasteiger partial charge >= 0.3 is 7.60 Å². The van der Waals surface area contributed by atoms with Crippen molar-refractivity contribution in [1.29, 1.82) is 0 Å². The van der Waals surface area contributed by atoms with E-state index in [0.717, 1.165) is 0 Å². The van der Waals surface area contributed by atoms with Crippen LogP contribution in [0.15, 0.2) is 0 Å². The minimum absolute atomic E-state index is 0.0251. The molecule has 6 heteroatoms. The molecule has 0 spiro atoms. The maximum atomic E-state index is 11.8. The summed E-state index contributed by atoms with van der Waals surface area (Å²) in [7, 11) is -4.17. The van der Waals surface area contributed by atoms with Crippen molar-refractivity contribution in [1.82, 2.24) is 0 Å². The number of rotatable bonds is 5. The first-order valence-corrected chi connectivity index (χ1v) is 6.61. The maximum absolute atomic E-state index is 11.8. The van der Waals surface area contributed by atoms with Gasteiger partial charge in [0.25, 0.3) is 0 Å². The van der Waals surface area contributed by atoms with Crippen LogP contribution < -0.4 is 0 Å². The lowest BCUT2D eigenvalue weighted by atomic mass is 9.95. The maximum Gasteiger partial charge on any atom is 0.356 e. The smallest absolute Gasteiger partial charge is 0.323 e. The van der Waals surface area contributed by atoms with Crippen LogP contribution in [0.5, 0.6) is 0 Å². The number of hydrogen-bond donors (Lipinski definition) is 1. The molecule has 4 nitrogen and oxygen atoms in total. The Labute approximate surface area is 95.5 Å². The highest BCUT2D eigenvalue weighted by Crippen LogP contribution is 2.59. The number of carbonyl (C=O) groups is 1. The van der Waals surface area contributed by atoms with Gasteiger partial charge in [0.15, 0.2) is 10.9 Å². The number of carbonyl (C=O) groups excluding carboxylic acids is 1. The van der Waals surface area contributed by atoms with Gasteiger partial charge in [-0.25, -0.2) is 0 Å². The van der Waals surface area contributed by atoms with Gasteiger partial charge in [-0.2, -0.15) is 0 Å². The molecule has 0 rings (SSSR count). The normalized spacial score (nSPS) is 20.8. The van der Waals surface area contributed by atoms with Crippen molar-refractivity contribution in [3.63, 3.8) is 0 Å². The number of aldehydes is 1. The SMILES string of the molecule is CC(C)C(C)(C)OP(=O)(O)C(C)(Cl)C=O. The topological polar surface area (TPSA) is 63.6 Å². The summed E-state index contributed by atoms with van der Waals surface area (Å²) in [5.41, 5.74) is -0.816. The fourth-order valence-electron chi connectivity index (χ4n) is 0.580. The van der Waals surface area contributed by atoms with Crippen LogP contribution in [-0.4, -0.2) is 21.4 Å². The monoisotopic (exact) mass is 256 g/mol.